The summed E-state index contributed by atoms with van der Waals surface area (Å²) in [5, 5.41) is 0. The van der Waals surface area contributed by atoms with E-state index >= 15 is 0 Å². The summed E-state index contributed by atoms with van der Waals surface area (Å²) >= 11 is 0. The Bertz CT molecular complexity index is 526. The van der Waals surface area contributed by atoms with Crippen molar-refractivity contribution in [2.24, 2.45) is 11.1 Å². The average Bonchev–Trinajstić information content (AvgIpc) is 2.38. The van der Waals surface area contributed by atoms with Crippen molar-refractivity contribution in [2.45, 2.75) is 33.2 Å². The second kappa shape index (κ2) is 6.39. The number of piperidine rings is 1. The van der Waals surface area contributed by atoms with Gasteiger partial charge in [0.15, 0.2) is 0 Å². The number of nitrogens with two attached hydrogens (primary N) is 1. The van der Waals surface area contributed by atoms with E-state index in [0.717, 1.165) is 30.8 Å². The molecule has 1 heterocycles. The third-order valence-electron chi connectivity index (χ3n) is 3.77. The number of likely N-dealkylation sites (tertiary alicyclic amines) is 1. The van der Waals surface area contributed by atoms with Gasteiger partial charge in [0.2, 0.25) is 0 Å². The molecular weight excluding hydrogens is 251 g/mol. The second-order valence-electron chi connectivity index (χ2n) is 6.29. The van der Waals surface area contributed by atoms with Gasteiger partial charge >= 0.3 is 0 Å². The lowest BCUT2D eigenvalue weighted by Crippen LogP contribution is -2.39. The van der Waals surface area contributed by atoms with Gasteiger partial charge in [0, 0.05) is 18.7 Å². The number of hydrogen-bond acceptors (Lipinski definition) is 2. The van der Waals surface area contributed by atoms with Gasteiger partial charge in [0.1, 0.15) is 5.82 Å². The Morgan fingerprint density at radius 2 is 2.20 bits per heavy atom. The van der Waals surface area contributed by atoms with E-state index in [4.69, 9.17) is 5.73 Å². The van der Waals surface area contributed by atoms with Crippen LogP contribution < -0.4 is 5.73 Å². The molecule has 0 spiro atoms. The molecule has 2 rings (SSSR count). The molecule has 0 bridgehead atoms. The van der Waals surface area contributed by atoms with E-state index in [9.17, 15) is 4.39 Å². The predicted octanol–water partition coefficient (Wildman–Crippen LogP) is 2.76. The summed E-state index contributed by atoms with van der Waals surface area (Å²) in [4.78, 5) is 2.43. The smallest absolute Gasteiger partial charge is 0.124 e. The summed E-state index contributed by atoms with van der Waals surface area (Å²) in [6.45, 7) is 7.92. The Kier molecular flexibility index (Phi) is 4.80. The van der Waals surface area contributed by atoms with Crippen LogP contribution >= 0.6 is 0 Å². The minimum Gasteiger partial charge on any atom is -0.320 e. The normalized spacial score (nSPS) is 18.4. The Morgan fingerprint density at radius 3 is 2.90 bits per heavy atom. The standard InChI is InChI=1S/C17H23FN2/c1-17(2)8-4-10-20(13-17)12-15-6-7-16(18)11-14(15)5-3-9-19/h6-7,11H,4,8-10,12-13,19H2,1-2H3. The second-order valence-corrected chi connectivity index (χ2v) is 6.29. The van der Waals surface area contributed by atoms with Crippen LogP contribution in [0.25, 0.3) is 0 Å². The van der Waals surface area contributed by atoms with Crippen molar-refractivity contribution < 1.29 is 4.39 Å². The first-order chi connectivity index (χ1) is 9.50. The third kappa shape index (κ3) is 4.06. The Morgan fingerprint density at radius 1 is 1.40 bits per heavy atom. The van der Waals surface area contributed by atoms with Crippen LogP contribution in [0.2, 0.25) is 0 Å². The zero-order valence-corrected chi connectivity index (χ0v) is 12.4. The molecule has 0 aromatic heterocycles. The van der Waals surface area contributed by atoms with E-state index in [1.807, 2.05) is 6.07 Å². The molecule has 2 N–H and O–H groups in total. The molecule has 1 aromatic carbocycles. The molecule has 0 radical (unpaired) electrons. The molecule has 0 atom stereocenters. The zero-order valence-electron chi connectivity index (χ0n) is 12.4. The van der Waals surface area contributed by atoms with Gasteiger partial charge in [-0.3, -0.25) is 4.90 Å². The fourth-order valence-corrected chi connectivity index (χ4v) is 2.87. The Balaban J connectivity index is 2.16. The van der Waals surface area contributed by atoms with Crippen LogP contribution in [0.5, 0.6) is 0 Å². The summed E-state index contributed by atoms with van der Waals surface area (Å²) in [5.41, 5.74) is 7.62. The maximum absolute atomic E-state index is 13.4. The summed E-state index contributed by atoms with van der Waals surface area (Å²) < 4.78 is 13.4. The van der Waals surface area contributed by atoms with Gasteiger partial charge < -0.3 is 5.73 Å². The lowest BCUT2D eigenvalue weighted by Gasteiger charge is -2.38. The molecule has 1 aliphatic rings. The fraction of sp³-hybridized carbons (Fsp3) is 0.529. The summed E-state index contributed by atoms with van der Waals surface area (Å²) in [6, 6.07) is 4.86. The number of halogens is 1. The highest BCUT2D eigenvalue weighted by atomic mass is 19.1. The van der Waals surface area contributed by atoms with Crippen LogP contribution in [0.15, 0.2) is 18.2 Å². The van der Waals surface area contributed by atoms with Crippen molar-refractivity contribution in [1.82, 2.24) is 4.90 Å². The van der Waals surface area contributed by atoms with Crippen molar-refractivity contribution in [3.05, 3.63) is 35.1 Å². The molecule has 0 amide bonds. The summed E-state index contributed by atoms with van der Waals surface area (Å²) in [5.74, 6) is 5.56. The van der Waals surface area contributed by atoms with Crippen molar-refractivity contribution in [3.63, 3.8) is 0 Å². The first-order valence-electron chi connectivity index (χ1n) is 7.20. The third-order valence-corrected chi connectivity index (χ3v) is 3.77. The topological polar surface area (TPSA) is 29.3 Å². The van der Waals surface area contributed by atoms with Crippen LogP contribution in [-0.4, -0.2) is 24.5 Å². The molecule has 1 aromatic rings. The minimum atomic E-state index is -0.242. The molecule has 108 valence electrons. The SMILES string of the molecule is CC1(C)CCCN(Cc2ccc(F)cc2C#CCN)C1. The maximum atomic E-state index is 13.4. The monoisotopic (exact) mass is 274 g/mol. The quantitative estimate of drug-likeness (QED) is 0.840. The average molecular weight is 274 g/mol. The van der Waals surface area contributed by atoms with Gasteiger partial charge in [0.05, 0.1) is 6.54 Å². The van der Waals surface area contributed by atoms with E-state index < -0.39 is 0 Å². The first-order valence-corrected chi connectivity index (χ1v) is 7.20. The fourth-order valence-electron chi connectivity index (χ4n) is 2.87. The van der Waals surface area contributed by atoms with Crippen molar-refractivity contribution >= 4 is 0 Å². The largest absolute Gasteiger partial charge is 0.320 e. The lowest BCUT2D eigenvalue weighted by molar-refractivity contribution is 0.111. The van der Waals surface area contributed by atoms with E-state index in [1.165, 1.54) is 25.0 Å². The minimum absolute atomic E-state index is 0.242. The van der Waals surface area contributed by atoms with Gasteiger partial charge in [0.25, 0.3) is 0 Å². The highest BCUT2D eigenvalue weighted by molar-refractivity contribution is 5.42. The molecule has 1 saturated heterocycles. The molecule has 1 fully saturated rings. The molecule has 0 unspecified atom stereocenters. The van der Waals surface area contributed by atoms with Crippen LogP contribution in [0, 0.1) is 23.1 Å². The van der Waals surface area contributed by atoms with Crippen LogP contribution in [0.4, 0.5) is 4.39 Å². The van der Waals surface area contributed by atoms with Gasteiger partial charge in [-0.05, 0) is 42.5 Å². The number of hydrogen-bond donors (Lipinski definition) is 1. The maximum Gasteiger partial charge on any atom is 0.124 e. The highest BCUT2D eigenvalue weighted by Crippen LogP contribution is 2.29. The lowest BCUT2D eigenvalue weighted by atomic mass is 9.84. The zero-order chi connectivity index (χ0) is 14.6. The van der Waals surface area contributed by atoms with E-state index in [1.54, 1.807) is 0 Å². The molecule has 0 saturated carbocycles. The van der Waals surface area contributed by atoms with Crippen molar-refractivity contribution in [1.29, 1.82) is 0 Å². The van der Waals surface area contributed by atoms with Crippen LogP contribution in [0.1, 0.15) is 37.8 Å². The highest BCUT2D eigenvalue weighted by Gasteiger charge is 2.26. The van der Waals surface area contributed by atoms with Gasteiger partial charge in [-0.2, -0.15) is 0 Å². The van der Waals surface area contributed by atoms with E-state index in [0.29, 0.717) is 12.0 Å². The van der Waals surface area contributed by atoms with Crippen LogP contribution in [-0.2, 0) is 6.54 Å². The number of rotatable bonds is 2. The molecule has 1 aliphatic heterocycles. The van der Waals surface area contributed by atoms with Crippen molar-refractivity contribution in [3.8, 4) is 11.8 Å². The summed E-state index contributed by atoms with van der Waals surface area (Å²) in [7, 11) is 0. The Hall–Kier alpha value is -1.37. The number of benzene rings is 1. The molecule has 20 heavy (non-hydrogen) atoms. The van der Waals surface area contributed by atoms with E-state index in [2.05, 4.69) is 30.6 Å². The van der Waals surface area contributed by atoms with Gasteiger partial charge in [-0.25, -0.2) is 4.39 Å². The Labute approximate surface area is 121 Å². The van der Waals surface area contributed by atoms with Gasteiger partial charge in [-0.15, -0.1) is 0 Å². The first kappa shape index (κ1) is 15.0. The summed E-state index contributed by atoms with van der Waals surface area (Å²) in [6.07, 6.45) is 2.49. The number of nitrogens with zero attached hydrogens (tertiary/aromatic N) is 1. The molecule has 2 nitrogen and oxygen atoms in total. The molecule has 0 aliphatic carbocycles. The van der Waals surface area contributed by atoms with Crippen LogP contribution in [0.3, 0.4) is 0 Å². The van der Waals surface area contributed by atoms with Gasteiger partial charge in [-0.1, -0.05) is 31.8 Å². The van der Waals surface area contributed by atoms with Crippen molar-refractivity contribution in [2.75, 3.05) is 19.6 Å². The molecular formula is C17H23FN2. The predicted molar refractivity (Wildman–Crippen MR) is 80.6 cm³/mol. The van der Waals surface area contributed by atoms with E-state index in [-0.39, 0.29) is 5.82 Å². The molecule has 3 heteroatoms.